The number of nitrogens with one attached hydrogen (secondary N) is 2. The van der Waals surface area contributed by atoms with Crippen LogP contribution in [0.2, 0.25) is 0 Å². The summed E-state index contributed by atoms with van der Waals surface area (Å²) in [5.74, 6) is -1.26. The molecule has 0 aliphatic carbocycles. The SMILES string of the molecule is CCNC(=O)NC(=O)C(C)OC(=O)c1cc(C)ccc1C. The number of esters is 1. The standard InChI is InChI=1S/C15H20N2O4/c1-5-16-15(20)17-13(18)11(4)21-14(19)12-8-9(2)6-7-10(12)3/h6-8,11H,5H2,1-4H3,(H2,16,17,18,20). The summed E-state index contributed by atoms with van der Waals surface area (Å²) in [6.07, 6.45) is -1.06. The van der Waals surface area contributed by atoms with E-state index in [2.05, 4.69) is 10.6 Å². The summed E-state index contributed by atoms with van der Waals surface area (Å²) < 4.78 is 5.08. The van der Waals surface area contributed by atoms with Gasteiger partial charge in [0.05, 0.1) is 5.56 Å². The molecule has 1 rings (SSSR count). The summed E-state index contributed by atoms with van der Waals surface area (Å²) in [5, 5.41) is 4.52. The van der Waals surface area contributed by atoms with Crippen LogP contribution in [0.25, 0.3) is 0 Å². The third kappa shape index (κ3) is 4.91. The first-order chi connectivity index (χ1) is 9.85. The maximum atomic E-state index is 12.0. The predicted octanol–water partition coefficient (Wildman–Crippen LogP) is 1.69. The molecule has 3 amide bonds. The Kier molecular flexibility index (Phi) is 5.90. The van der Waals surface area contributed by atoms with E-state index in [9.17, 15) is 14.4 Å². The molecule has 1 unspecified atom stereocenters. The number of carbonyl (C=O) groups is 3. The van der Waals surface area contributed by atoms with Gasteiger partial charge in [0.15, 0.2) is 6.10 Å². The largest absolute Gasteiger partial charge is 0.449 e. The number of rotatable bonds is 4. The number of benzene rings is 1. The summed E-state index contributed by atoms with van der Waals surface area (Å²) >= 11 is 0. The highest BCUT2D eigenvalue weighted by Crippen LogP contribution is 2.13. The van der Waals surface area contributed by atoms with Crippen molar-refractivity contribution in [2.45, 2.75) is 33.8 Å². The van der Waals surface area contributed by atoms with Gasteiger partial charge in [-0.3, -0.25) is 10.1 Å². The minimum Gasteiger partial charge on any atom is -0.449 e. The zero-order chi connectivity index (χ0) is 16.0. The fraction of sp³-hybridized carbons (Fsp3) is 0.400. The van der Waals surface area contributed by atoms with Crippen LogP contribution >= 0.6 is 0 Å². The quantitative estimate of drug-likeness (QED) is 0.827. The van der Waals surface area contributed by atoms with Gasteiger partial charge in [-0.1, -0.05) is 17.7 Å². The maximum Gasteiger partial charge on any atom is 0.339 e. The van der Waals surface area contributed by atoms with E-state index in [1.807, 2.05) is 19.1 Å². The van der Waals surface area contributed by atoms with Crippen LogP contribution < -0.4 is 10.6 Å². The molecule has 0 fully saturated rings. The van der Waals surface area contributed by atoms with E-state index >= 15 is 0 Å². The average Bonchev–Trinajstić information content (AvgIpc) is 2.41. The van der Waals surface area contributed by atoms with Gasteiger partial charge in [0.1, 0.15) is 0 Å². The van der Waals surface area contributed by atoms with Crippen LogP contribution in [0.15, 0.2) is 18.2 Å². The van der Waals surface area contributed by atoms with E-state index < -0.39 is 24.0 Å². The number of aryl methyl sites for hydroxylation is 2. The molecule has 1 aromatic carbocycles. The summed E-state index contributed by atoms with van der Waals surface area (Å²) in [5.41, 5.74) is 2.10. The van der Waals surface area contributed by atoms with Crippen molar-refractivity contribution < 1.29 is 19.1 Å². The fourth-order valence-electron chi connectivity index (χ4n) is 1.65. The van der Waals surface area contributed by atoms with Gasteiger partial charge in [0.25, 0.3) is 5.91 Å². The molecule has 0 bridgehead atoms. The predicted molar refractivity (Wildman–Crippen MR) is 78.0 cm³/mol. The molecular weight excluding hydrogens is 272 g/mol. The van der Waals surface area contributed by atoms with E-state index in [0.29, 0.717) is 12.1 Å². The Hall–Kier alpha value is -2.37. The lowest BCUT2D eigenvalue weighted by molar-refractivity contribution is -0.127. The number of ether oxygens (including phenoxy) is 1. The van der Waals surface area contributed by atoms with Crippen molar-refractivity contribution in [3.8, 4) is 0 Å². The molecule has 21 heavy (non-hydrogen) atoms. The van der Waals surface area contributed by atoms with Gasteiger partial charge in [-0.25, -0.2) is 9.59 Å². The molecule has 114 valence electrons. The fourth-order valence-corrected chi connectivity index (χ4v) is 1.65. The first-order valence-corrected chi connectivity index (χ1v) is 6.72. The Morgan fingerprint density at radius 1 is 1.24 bits per heavy atom. The molecule has 0 aliphatic heterocycles. The highest BCUT2D eigenvalue weighted by atomic mass is 16.5. The van der Waals surface area contributed by atoms with E-state index in [1.165, 1.54) is 6.92 Å². The van der Waals surface area contributed by atoms with Crippen LogP contribution in [0.1, 0.15) is 35.3 Å². The Labute approximate surface area is 123 Å². The first-order valence-electron chi connectivity index (χ1n) is 6.72. The first kappa shape index (κ1) is 16.7. The lowest BCUT2D eigenvalue weighted by atomic mass is 10.1. The van der Waals surface area contributed by atoms with Gasteiger partial charge in [-0.15, -0.1) is 0 Å². The monoisotopic (exact) mass is 292 g/mol. The van der Waals surface area contributed by atoms with Gasteiger partial charge in [0.2, 0.25) is 0 Å². The van der Waals surface area contributed by atoms with Gasteiger partial charge >= 0.3 is 12.0 Å². The average molecular weight is 292 g/mol. The molecule has 6 heteroatoms. The van der Waals surface area contributed by atoms with E-state index in [-0.39, 0.29) is 0 Å². The van der Waals surface area contributed by atoms with Gasteiger partial charge in [-0.2, -0.15) is 0 Å². The molecule has 0 saturated carbocycles. The molecular formula is C15H20N2O4. The van der Waals surface area contributed by atoms with Crippen molar-refractivity contribution in [1.82, 2.24) is 10.6 Å². The van der Waals surface area contributed by atoms with Gasteiger partial charge in [-0.05, 0) is 39.3 Å². The summed E-state index contributed by atoms with van der Waals surface area (Å²) in [6, 6.07) is 4.78. The van der Waals surface area contributed by atoms with Crippen molar-refractivity contribution in [3.63, 3.8) is 0 Å². The van der Waals surface area contributed by atoms with Crippen molar-refractivity contribution in [1.29, 1.82) is 0 Å². The Balaban J connectivity index is 2.67. The van der Waals surface area contributed by atoms with Crippen LogP contribution in [0.4, 0.5) is 4.79 Å². The minimum atomic E-state index is -1.06. The van der Waals surface area contributed by atoms with Crippen molar-refractivity contribution >= 4 is 17.9 Å². The van der Waals surface area contributed by atoms with Crippen molar-refractivity contribution in [2.75, 3.05) is 6.54 Å². The third-order valence-corrected chi connectivity index (χ3v) is 2.84. The minimum absolute atomic E-state index is 0.399. The highest BCUT2D eigenvalue weighted by molar-refractivity contribution is 5.98. The van der Waals surface area contributed by atoms with Crippen molar-refractivity contribution in [3.05, 3.63) is 34.9 Å². The molecule has 1 aromatic rings. The zero-order valence-electron chi connectivity index (χ0n) is 12.6. The zero-order valence-corrected chi connectivity index (χ0v) is 12.6. The second kappa shape index (κ2) is 7.42. The summed E-state index contributed by atoms with van der Waals surface area (Å²) in [6.45, 7) is 7.19. The Bertz CT molecular complexity index is 555. The number of urea groups is 1. The molecule has 0 heterocycles. The molecule has 0 spiro atoms. The summed E-state index contributed by atoms with van der Waals surface area (Å²) in [7, 11) is 0. The second-order valence-corrected chi connectivity index (χ2v) is 4.71. The maximum absolute atomic E-state index is 12.0. The number of amides is 3. The lowest BCUT2D eigenvalue weighted by Crippen LogP contribution is -2.44. The van der Waals surface area contributed by atoms with Crippen molar-refractivity contribution in [2.24, 2.45) is 0 Å². The van der Waals surface area contributed by atoms with E-state index in [0.717, 1.165) is 11.1 Å². The van der Waals surface area contributed by atoms with Crippen LogP contribution in [0, 0.1) is 13.8 Å². The number of imide groups is 1. The normalized spacial score (nSPS) is 11.4. The third-order valence-electron chi connectivity index (χ3n) is 2.84. The molecule has 0 saturated heterocycles. The topological polar surface area (TPSA) is 84.5 Å². The molecule has 1 atom stereocenters. The smallest absolute Gasteiger partial charge is 0.339 e. The summed E-state index contributed by atoms with van der Waals surface area (Å²) in [4.78, 5) is 35.0. The molecule has 6 nitrogen and oxygen atoms in total. The Morgan fingerprint density at radius 2 is 1.90 bits per heavy atom. The molecule has 0 radical (unpaired) electrons. The highest BCUT2D eigenvalue weighted by Gasteiger charge is 2.21. The van der Waals surface area contributed by atoms with Crippen LogP contribution in [0.5, 0.6) is 0 Å². The number of carbonyl (C=O) groups excluding carboxylic acids is 3. The molecule has 0 aliphatic rings. The van der Waals surface area contributed by atoms with Gasteiger partial charge in [0, 0.05) is 6.54 Å². The number of hydrogen-bond acceptors (Lipinski definition) is 4. The van der Waals surface area contributed by atoms with Crippen LogP contribution in [-0.2, 0) is 9.53 Å². The lowest BCUT2D eigenvalue weighted by Gasteiger charge is -2.14. The van der Waals surface area contributed by atoms with E-state index in [1.54, 1.807) is 19.9 Å². The van der Waals surface area contributed by atoms with E-state index in [4.69, 9.17) is 4.74 Å². The van der Waals surface area contributed by atoms with Crippen LogP contribution in [0.3, 0.4) is 0 Å². The molecule has 2 N–H and O–H groups in total. The van der Waals surface area contributed by atoms with Crippen LogP contribution in [-0.4, -0.2) is 30.6 Å². The van der Waals surface area contributed by atoms with Gasteiger partial charge < -0.3 is 10.1 Å². The Morgan fingerprint density at radius 3 is 2.52 bits per heavy atom. The molecule has 0 aromatic heterocycles. The number of hydrogen-bond donors (Lipinski definition) is 2. The second-order valence-electron chi connectivity index (χ2n) is 4.71.